The van der Waals surface area contributed by atoms with E-state index in [0.29, 0.717) is 12.1 Å². The molecule has 1 atom stereocenters. The summed E-state index contributed by atoms with van der Waals surface area (Å²) in [7, 11) is 1.31. The van der Waals surface area contributed by atoms with Gasteiger partial charge in [-0.05, 0) is 31.5 Å². The fourth-order valence-corrected chi connectivity index (χ4v) is 1.96. The molecule has 0 bridgehead atoms. The molecule has 1 rings (SSSR count). The Hall–Kier alpha value is -2.09. The van der Waals surface area contributed by atoms with Crippen LogP contribution < -0.4 is 5.32 Å². The van der Waals surface area contributed by atoms with Crippen LogP contribution in [0.1, 0.15) is 32.3 Å². The number of benzene rings is 1. The second-order valence-corrected chi connectivity index (χ2v) is 4.50. The maximum Gasteiger partial charge on any atom is 0.331 e. The van der Waals surface area contributed by atoms with Crippen molar-refractivity contribution in [3.8, 4) is 6.07 Å². The van der Waals surface area contributed by atoms with Gasteiger partial charge in [0.15, 0.2) is 0 Å². The molecule has 19 heavy (non-hydrogen) atoms. The summed E-state index contributed by atoms with van der Waals surface area (Å²) in [6.07, 6.45) is 1.31. The molecule has 0 radical (unpaired) electrons. The summed E-state index contributed by atoms with van der Waals surface area (Å²) >= 11 is 0. The Balaban J connectivity index is 3.10. The molecule has 0 aromatic heterocycles. The third-order valence-electron chi connectivity index (χ3n) is 2.90. The molecule has 1 aromatic carbocycles. The number of carbonyl (C=O) groups excluding carboxylic acids is 1. The van der Waals surface area contributed by atoms with Crippen LogP contribution in [0.5, 0.6) is 0 Å². The zero-order chi connectivity index (χ0) is 14.5. The first-order chi connectivity index (χ1) is 8.96. The highest BCUT2D eigenvalue weighted by atomic mass is 19.1. The minimum absolute atomic E-state index is 0.159. The van der Waals surface area contributed by atoms with Crippen molar-refractivity contribution in [2.45, 2.75) is 32.2 Å². The first kappa shape index (κ1) is 15.0. The smallest absolute Gasteiger partial charge is 0.331 e. The molecule has 0 aliphatic rings. The molecule has 1 aromatic rings. The van der Waals surface area contributed by atoms with E-state index in [-0.39, 0.29) is 5.56 Å². The van der Waals surface area contributed by atoms with E-state index in [4.69, 9.17) is 10.00 Å². The number of methoxy groups -OCH3 is 1. The van der Waals surface area contributed by atoms with Crippen LogP contribution in [0.3, 0.4) is 0 Å². The summed E-state index contributed by atoms with van der Waals surface area (Å²) in [5, 5.41) is 12.0. The van der Waals surface area contributed by atoms with E-state index in [1.165, 1.54) is 19.2 Å². The average Bonchev–Trinajstić information content (AvgIpc) is 2.40. The van der Waals surface area contributed by atoms with Gasteiger partial charge in [-0.1, -0.05) is 13.3 Å². The molecule has 0 aliphatic carbocycles. The Bertz CT molecular complexity index is 511. The fourth-order valence-electron chi connectivity index (χ4n) is 1.96. The number of nitrogens with zero attached hydrogens (tertiary/aromatic N) is 1. The van der Waals surface area contributed by atoms with Crippen molar-refractivity contribution < 1.29 is 13.9 Å². The van der Waals surface area contributed by atoms with E-state index in [9.17, 15) is 9.18 Å². The summed E-state index contributed by atoms with van der Waals surface area (Å²) < 4.78 is 17.8. The first-order valence-electron chi connectivity index (χ1n) is 6.03. The lowest BCUT2D eigenvalue weighted by Crippen LogP contribution is -2.44. The van der Waals surface area contributed by atoms with Gasteiger partial charge in [0.25, 0.3) is 0 Å². The standard InChI is InChI=1S/C14H17FN2O2/c1-4-7-14(2,13(18)19-3)17-12-6-5-11(15)8-10(12)9-16/h5-6,8,17H,4,7H2,1-3H3. The van der Waals surface area contributed by atoms with E-state index in [0.717, 1.165) is 12.5 Å². The SMILES string of the molecule is CCCC(C)(Nc1ccc(F)cc1C#N)C(=O)OC. The summed E-state index contributed by atoms with van der Waals surface area (Å²) in [5.74, 6) is -0.903. The van der Waals surface area contributed by atoms with Crippen molar-refractivity contribution in [3.05, 3.63) is 29.6 Å². The maximum absolute atomic E-state index is 13.1. The van der Waals surface area contributed by atoms with E-state index in [2.05, 4.69) is 5.32 Å². The minimum atomic E-state index is -0.938. The van der Waals surface area contributed by atoms with Crippen LogP contribution in [0, 0.1) is 17.1 Å². The predicted octanol–water partition coefficient (Wildman–Crippen LogP) is 2.84. The molecule has 0 heterocycles. The number of esters is 1. The van der Waals surface area contributed by atoms with Gasteiger partial charge in [-0.2, -0.15) is 5.26 Å². The number of hydrogen-bond acceptors (Lipinski definition) is 4. The molecule has 0 spiro atoms. The number of halogens is 1. The number of nitriles is 1. The quantitative estimate of drug-likeness (QED) is 0.831. The Morgan fingerprint density at radius 1 is 1.58 bits per heavy atom. The van der Waals surface area contributed by atoms with Crippen LogP contribution in [-0.2, 0) is 9.53 Å². The topological polar surface area (TPSA) is 62.1 Å². The van der Waals surface area contributed by atoms with Gasteiger partial charge in [0.05, 0.1) is 18.4 Å². The normalized spacial score (nSPS) is 13.2. The van der Waals surface area contributed by atoms with Crippen LogP contribution in [-0.4, -0.2) is 18.6 Å². The van der Waals surface area contributed by atoms with Gasteiger partial charge in [-0.15, -0.1) is 0 Å². The second kappa shape index (κ2) is 6.19. The summed E-state index contributed by atoms with van der Waals surface area (Å²) in [6.45, 7) is 3.64. The zero-order valence-corrected chi connectivity index (χ0v) is 11.3. The number of carbonyl (C=O) groups is 1. The third kappa shape index (κ3) is 3.44. The van der Waals surface area contributed by atoms with Crippen LogP contribution in [0.15, 0.2) is 18.2 Å². The molecule has 0 aliphatic heterocycles. The predicted molar refractivity (Wildman–Crippen MR) is 70.1 cm³/mol. The lowest BCUT2D eigenvalue weighted by molar-refractivity contribution is -0.145. The molecule has 0 saturated carbocycles. The summed E-state index contributed by atoms with van der Waals surface area (Å²) in [4.78, 5) is 11.9. The number of rotatable bonds is 5. The van der Waals surface area contributed by atoms with Crippen LogP contribution in [0.25, 0.3) is 0 Å². The first-order valence-corrected chi connectivity index (χ1v) is 6.03. The molecule has 1 N–H and O–H groups in total. The van der Waals surface area contributed by atoms with Gasteiger partial charge in [0.1, 0.15) is 17.4 Å². The Morgan fingerprint density at radius 2 is 2.26 bits per heavy atom. The van der Waals surface area contributed by atoms with E-state index in [1.807, 2.05) is 13.0 Å². The molecular formula is C14H17FN2O2. The van der Waals surface area contributed by atoms with Gasteiger partial charge < -0.3 is 10.1 Å². The highest BCUT2D eigenvalue weighted by Crippen LogP contribution is 2.24. The number of anilines is 1. The maximum atomic E-state index is 13.1. The highest BCUT2D eigenvalue weighted by molar-refractivity contribution is 5.84. The minimum Gasteiger partial charge on any atom is -0.467 e. The third-order valence-corrected chi connectivity index (χ3v) is 2.90. The van der Waals surface area contributed by atoms with Crippen molar-refractivity contribution in [2.75, 3.05) is 12.4 Å². The monoisotopic (exact) mass is 264 g/mol. The Labute approximate surface area is 112 Å². The number of ether oxygens (including phenoxy) is 1. The summed E-state index contributed by atoms with van der Waals surface area (Å²) in [6, 6.07) is 5.73. The van der Waals surface area contributed by atoms with Crippen molar-refractivity contribution in [3.63, 3.8) is 0 Å². The molecular weight excluding hydrogens is 247 g/mol. The molecule has 4 nitrogen and oxygen atoms in total. The molecule has 102 valence electrons. The van der Waals surface area contributed by atoms with Crippen LogP contribution in [0.4, 0.5) is 10.1 Å². The van der Waals surface area contributed by atoms with Crippen LogP contribution in [0.2, 0.25) is 0 Å². The number of nitrogens with one attached hydrogen (secondary N) is 1. The zero-order valence-electron chi connectivity index (χ0n) is 11.3. The van der Waals surface area contributed by atoms with Crippen molar-refractivity contribution in [1.82, 2.24) is 0 Å². The molecule has 1 unspecified atom stereocenters. The van der Waals surface area contributed by atoms with Gasteiger partial charge in [-0.3, -0.25) is 0 Å². The Kier molecular flexibility index (Phi) is 4.87. The van der Waals surface area contributed by atoms with Crippen molar-refractivity contribution >= 4 is 11.7 Å². The van der Waals surface area contributed by atoms with Crippen LogP contribution >= 0.6 is 0 Å². The largest absolute Gasteiger partial charge is 0.467 e. The fraction of sp³-hybridized carbons (Fsp3) is 0.429. The van der Waals surface area contributed by atoms with Crippen molar-refractivity contribution in [1.29, 1.82) is 5.26 Å². The lowest BCUT2D eigenvalue weighted by atomic mass is 9.95. The van der Waals surface area contributed by atoms with Gasteiger partial charge in [0, 0.05) is 0 Å². The molecule has 0 amide bonds. The van der Waals surface area contributed by atoms with Gasteiger partial charge in [-0.25, -0.2) is 9.18 Å². The van der Waals surface area contributed by atoms with Gasteiger partial charge >= 0.3 is 5.97 Å². The van der Waals surface area contributed by atoms with Crippen molar-refractivity contribution in [2.24, 2.45) is 0 Å². The Morgan fingerprint density at radius 3 is 2.79 bits per heavy atom. The molecule has 0 saturated heterocycles. The molecule has 5 heteroatoms. The molecule has 0 fully saturated rings. The second-order valence-electron chi connectivity index (χ2n) is 4.50. The van der Waals surface area contributed by atoms with E-state index in [1.54, 1.807) is 6.92 Å². The summed E-state index contributed by atoms with van der Waals surface area (Å²) in [5.41, 5.74) is -0.357. The van der Waals surface area contributed by atoms with E-state index < -0.39 is 17.3 Å². The van der Waals surface area contributed by atoms with Gasteiger partial charge in [0.2, 0.25) is 0 Å². The number of hydrogen-bond donors (Lipinski definition) is 1. The van der Waals surface area contributed by atoms with E-state index >= 15 is 0 Å². The highest BCUT2D eigenvalue weighted by Gasteiger charge is 2.33. The average molecular weight is 264 g/mol. The lowest BCUT2D eigenvalue weighted by Gasteiger charge is -2.29.